The van der Waals surface area contributed by atoms with Crippen molar-refractivity contribution < 1.29 is 33.0 Å². The molecule has 0 saturated heterocycles. The van der Waals surface area contributed by atoms with Crippen molar-refractivity contribution in [3.05, 3.63) is 58.1 Å². The first-order valence-electron chi connectivity index (χ1n) is 11.1. The Kier molecular flexibility index (Phi) is 5.56. The van der Waals surface area contributed by atoms with Gasteiger partial charge in [-0.1, -0.05) is 17.7 Å². The lowest BCUT2D eigenvalue weighted by Crippen LogP contribution is -2.75. The van der Waals surface area contributed by atoms with Crippen LogP contribution in [0.25, 0.3) is 0 Å². The molecule has 3 saturated carbocycles. The highest BCUT2D eigenvalue weighted by Crippen LogP contribution is 2.69. The van der Waals surface area contributed by atoms with Gasteiger partial charge in [-0.25, -0.2) is 8.78 Å². The average Bonchev–Trinajstić information content (AvgIpc) is 2.73. The fraction of sp³-hybridized carbons (Fsp3) is 0.440. The Labute approximate surface area is 200 Å². The second-order valence-corrected chi connectivity index (χ2v) is 10.3. The molecular weight excluding hydrogens is 468 g/mol. The Hall–Kier alpha value is -2.71. The van der Waals surface area contributed by atoms with Crippen molar-refractivity contribution in [2.24, 2.45) is 5.41 Å². The number of nitrogens with one attached hydrogen (secondary N) is 1. The lowest BCUT2D eigenvalue weighted by molar-refractivity contribution is -0.175. The number of ketones is 1. The second-order valence-electron chi connectivity index (χ2n) is 9.86. The van der Waals surface area contributed by atoms with E-state index in [1.54, 1.807) is 19.1 Å². The number of hydrogen-bond acceptors (Lipinski definition) is 5. The predicted molar refractivity (Wildman–Crippen MR) is 119 cm³/mol. The van der Waals surface area contributed by atoms with Crippen molar-refractivity contribution >= 4 is 23.3 Å². The van der Waals surface area contributed by atoms with Crippen molar-refractivity contribution in [1.29, 1.82) is 0 Å². The van der Waals surface area contributed by atoms with Crippen molar-refractivity contribution in [2.75, 3.05) is 6.61 Å². The van der Waals surface area contributed by atoms with E-state index in [0.29, 0.717) is 30.4 Å². The zero-order valence-electron chi connectivity index (χ0n) is 18.5. The topological polar surface area (TPSA) is 84.9 Å². The molecule has 1 amide bonds. The quantitative estimate of drug-likeness (QED) is 0.606. The number of carbonyl (C=O) groups is 2. The number of benzene rings is 2. The van der Waals surface area contributed by atoms with Gasteiger partial charge in [0.15, 0.2) is 18.5 Å². The van der Waals surface area contributed by atoms with Gasteiger partial charge in [0.25, 0.3) is 5.91 Å². The minimum atomic E-state index is -0.962. The Morgan fingerprint density at radius 1 is 1.21 bits per heavy atom. The number of aliphatic hydroxyl groups is 1. The minimum Gasteiger partial charge on any atom is -0.484 e. The average molecular weight is 492 g/mol. The van der Waals surface area contributed by atoms with Gasteiger partial charge < -0.3 is 19.9 Å². The summed E-state index contributed by atoms with van der Waals surface area (Å²) in [5.41, 5.74) is 0.349. The van der Waals surface area contributed by atoms with E-state index in [0.717, 1.165) is 6.07 Å². The van der Waals surface area contributed by atoms with Gasteiger partial charge in [-0.15, -0.1) is 0 Å². The summed E-state index contributed by atoms with van der Waals surface area (Å²) in [5, 5.41) is 13.2. The molecule has 6 nitrogen and oxygen atoms in total. The summed E-state index contributed by atoms with van der Waals surface area (Å²) < 4.78 is 38.5. The van der Waals surface area contributed by atoms with E-state index in [-0.39, 0.29) is 58.6 Å². The number of carbonyl (C=O) groups excluding carboxylic acids is 2. The van der Waals surface area contributed by atoms with E-state index in [1.165, 1.54) is 12.1 Å². The van der Waals surface area contributed by atoms with Crippen LogP contribution >= 0.6 is 11.6 Å². The van der Waals surface area contributed by atoms with E-state index in [9.17, 15) is 23.5 Å². The molecule has 1 heterocycles. The molecule has 4 aliphatic rings. The second kappa shape index (κ2) is 8.20. The zero-order valence-corrected chi connectivity index (χ0v) is 19.3. The van der Waals surface area contributed by atoms with Crippen LogP contribution in [0.1, 0.15) is 49.3 Å². The SMILES string of the molecule is Cc1ccc(OCC(=O)NC23CC(CC(=O)[C@H]4C[C@@H](O)c5cc(Cl)c(F)cc5O4)(C2)C3)cc1F. The molecule has 180 valence electrons. The first-order valence-corrected chi connectivity index (χ1v) is 11.5. The molecule has 0 aromatic heterocycles. The predicted octanol–water partition coefficient (Wildman–Crippen LogP) is 4.19. The molecule has 34 heavy (non-hydrogen) atoms. The number of rotatable bonds is 7. The molecule has 2 bridgehead atoms. The largest absolute Gasteiger partial charge is 0.484 e. The number of fused-ring (bicyclic) bond motifs is 1. The molecule has 6 rings (SSSR count). The van der Waals surface area contributed by atoms with E-state index >= 15 is 0 Å². The lowest BCUT2D eigenvalue weighted by Gasteiger charge is -2.70. The molecular formula is C25H24ClF2NO5. The van der Waals surface area contributed by atoms with Crippen LogP contribution in [0.15, 0.2) is 30.3 Å². The highest BCUT2D eigenvalue weighted by Gasteiger charge is 2.68. The van der Waals surface area contributed by atoms with Crippen molar-refractivity contribution in [3.8, 4) is 11.5 Å². The number of hydrogen-bond donors (Lipinski definition) is 2. The van der Waals surface area contributed by atoms with E-state index in [2.05, 4.69) is 5.32 Å². The fourth-order valence-corrected chi connectivity index (χ4v) is 5.75. The van der Waals surface area contributed by atoms with Gasteiger partial charge in [-0.05, 0) is 49.3 Å². The maximum atomic E-state index is 13.8. The summed E-state index contributed by atoms with van der Waals surface area (Å²) in [6.45, 7) is 1.43. The number of ether oxygens (including phenoxy) is 2. The third kappa shape index (κ3) is 4.14. The van der Waals surface area contributed by atoms with E-state index in [4.69, 9.17) is 21.1 Å². The number of aryl methyl sites for hydroxylation is 1. The van der Waals surface area contributed by atoms with Gasteiger partial charge in [-0.3, -0.25) is 9.59 Å². The first-order chi connectivity index (χ1) is 16.1. The van der Waals surface area contributed by atoms with Crippen LogP contribution in [0.2, 0.25) is 5.02 Å². The Morgan fingerprint density at radius 3 is 2.65 bits per heavy atom. The molecule has 1 aliphatic heterocycles. The van der Waals surface area contributed by atoms with E-state index < -0.39 is 23.8 Å². The summed E-state index contributed by atoms with van der Waals surface area (Å²) in [6, 6.07) is 6.86. The third-order valence-electron chi connectivity index (χ3n) is 7.08. The van der Waals surface area contributed by atoms with Gasteiger partial charge in [-0.2, -0.15) is 0 Å². The fourth-order valence-electron chi connectivity index (χ4n) is 5.58. The molecule has 3 fully saturated rings. The summed E-state index contributed by atoms with van der Waals surface area (Å²) in [6.07, 6.45) is 0.559. The van der Waals surface area contributed by atoms with Crippen LogP contribution in [0.4, 0.5) is 8.78 Å². The number of amides is 1. The van der Waals surface area contributed by atoms with Crippen LogP contribution < -0.4 is 14.8 Å². The van der Waals surface area contributed by atoms with Gasteiger partial charge in [0.05, 0.1) is 11.1 Å². The normalized spacial score (nSPS) is 28.6. The summed E-state index contributed by atoms with van der Waals surface area (Å²) in [5.74, 6) is -1.09. The summed E-state index contributed by atoms with van der Waals surface area (Å²) >= 11 is 5.78. The monoisotopic (exact) mass is 491 g/mol. The van der Waals surface area contributed by atoms with Crippen LogP contribution in [0, 0.1) is 24.0 Å². The highest BCUT2D eigenvalue weighted by molar-refractivity contribution is 6.30. The Morgan fingerprint density at radius 2 is 1.94 bits per heavy atom. The molecule has 2 atom stereocenters. The van der Waals surface area contributed by atoms with Crippen LogP contribution in [0.5, 0.6) is 11.5 Å². The van der Waals surface area contributed by atoms with Gasteiger partial charge in [0.2, 0.25) is 0 Å². The van der Waals surface area contributed by atoms with Crippen LogP contribution in [-0.4, -0.2) is 35.0 Å². The van der Waals surface area contributed by atoms with Crippen molar-refractivity contribution in [2.45, 2.75) is 56.8 Å². The standard InChI is InChI=1S/C25H24ClF2NO5/c1-13-2-3-14(4-17(13)27)33-9-23(32)29-25-10-24(11-25,12-25)8-20(31)22-7-19(30)15-5-16(26)18(28)6-21(15)34-22/h2-6,19,22,30H,7-12H2,1H3,(H,29,32)/t19-,22-,24?,25?/m1/s1. The zero-order chi connectivity index (χ0) is 24.3. The summed E-state index contributed by atoms with van der Waals surface area (Å²) in [4.78, 5) is 25.2. The van der Waals surface area contributed by atoms with Crippen molar-refractivity contribution in [1.82, 2.24) is 5.32 Å². The first kappa shape index (κ1) is 23.1. The molecule has 2 aromatic rings. The smallest absolute Gasteiger partial charge is 0.258 e. The Bertz CT molecular complexity index is 1170. The van der Waals surface area contributed by atoms with Crippen molar-refractivity contribution in [3.63, 3.8) is 0 Å². The van der Waals surface area contributed by atoms with Crippen LogP contribution in [-0.2, 0) is 9.59 Å². The number of halogens is 3. The van der Waals surface area contributed by atoms with Gasteiger partial charge in [0.1, 0.15) is 23.1 Å². The number of aliphatic hydroxyl groups excluding tert-OH is 1. The highest BCUT2D eigenvalue weighted by atomic mass is 35.5. The minimum absolute atomic E-state index is 0.0860. The maximum absolute atomic E-state index is 13.8. The molecule has 0 unspecified atom stereocenters. The summed E-state index contributed by atoms with van der Waals surface area (Å²) in [7, 11) is 0. The molecule has 3 aliphatic carbocycles. The molecule has 0 spiro atoms. The van der Waals surface area contributed by atoms with Gasteiger partial charge >= 0.3 is 0 Å². The maximum Gasteiger partial charge on any atom is 0.258 e. The molecule has 2 aromatic carbocycles. The van der Waals surface area contributed by atoms with Crippen LogP contribution in [0.3, 0.4) is 0 Å². The lowest BCUT2D eigenvalue weighted by atomic mass is 9.38. The molecule has 9 heteroatoms. The third-order valence-corrected chi connectivity index (χ3v) is 7.37. The Balaban J connectivity index is 1.11. The number of Topliss-reactive ketones (excluding diaryl/α,β-unsaturated/α-hetero) is 1. The molecule has 2 N–H and O–H groups in total. The van der Waals surface area contributed by atoms with E-state index in [1.807, 2.05) is 0 Å². The molecule has 0 radical (unpaired) electrons. The van der Waals surface area contributed by atoms with Gasteiger partial charge in [0, 0.05) is 36.1 Å².